The van der Waals surface area contributed by atoms with Gasteiger partial charge >= 0.3 is 0 Å². The number of hydrogen-bond acceptors (Lipinski definition) is 5. The fourth-order valence-electron chi connectivity index (χ4n) is 2.99. The van der Waals surface area contributed by atoms with Crippen LogP contribution in [-0.2, 0) is 0 Å². The maximum atomic E-state index is 12.8. The second-order valence-electron chi connectivity index (χ2n) is 6.39. The minimum absolute atomic E-state index is 0.0136. The molecule has 1 N–H and O–H groups in total. The molecular weight excluding hydrogens is 454 g/mol. The average Bonchev–Trinajstić information content (AvgIpc) is 3.13. The van der Waals surface area contributed by atoms with Gasteiger partial charge in [0, 0.05) is 27.2 Å². The van der Waals surface area contributed by atoms with Crippen LogP contribution in [0.15, 0.2) is 65.1 Å². The second kappa shape index (κ2) is 7.73. The molecule has 0 atom stereocenters. The summed E-state index contributed by atoms with van der Waals surface area (Å²) < 4.78 is 1.93. The lowest BCUT2D eigenvalue weighted by molar-refractivity contribution is -0.385. The Morgan fingerprint density at radius 1 is 1.14 bits per heavy atom. The quantitative estimate of drug-likeness (QED) is 0.286. The number of amides is 1. The lowest BCUT2D eigenvalue weighted by Gasteiger charge is -2.11. The molecule has 1 aromatic heterocycles. The smallest absolute Gasteiger partial charge is 0.272 e. The molecule has 0 unspecified atom stereocenters. The van der Waals surface area contributed by atoms with Crippen molar-refractivity contribution in [1.29, 1.82) is 0 Å². The Morgan fingerprint density at radius 3 is 2.66 bits per heavy atom. The maximum Gasteiger partial charge on any atom is 0.272 e. The Hall–Kier alpha value is -3.10. The van der Waals surface area contributed by atoms with E-state index in [2.05, 4.69) is 26.2 Å². The van der Waals surface area contributed by atoms with E-state index in [9.17, 15) is 14.9 Å². The summed E-state index contributed by atoms with van der Waals surface area (Å²) in [5, 5.41) is 14.7. The van der Waals surface area contributed by atoms with E-state index in [0.29, 0.717) is 16.8 Å². The van der Waals surface area contributed by atoms with Crippen LogP contribution in [0.3, 0.4) is 0 Å². The van der Waals surface area contributed by atoms with Crippen LogP contribution in [0.1, 0.15) is 15.9 Å². The number of rotatable bonds is 4. The van der Waals surface area contributed by atoms with Crippen LogP contribution in [0.4, 0.5) is 11.4 Å². The standard InChI is InChI=1S/C21H14BrN3O3S/c1-12-10-13(6-9-18(12)25(27)28)20(26)23-16-8-7-14(22)11-15(16)21-24-17-4-2-3-5-19(17)29-21/h2-11H,1H3,(H,23,26). The van der Waals surface area contributed by atoms with Crippen molar-refractivity contribution in [3.05, 3.63) is 86.4 Å². The summed E-state index contributed by atoms with van der Waals surface area (Å²) in [5.74, 6) is -0.340. The molecule has 0 spiro atoms. The third kappa shape index (κ3) is 3.90. The number of nitrogens with zero attached hydrogens (tertiary/aromatic N) is 2. The number of benzene rings is 3. The molecule has 1 amide bonds. The monoisotopic (exact) mass is 467 g/mol. The van der Waals surface area contributed by atoms with Crippen LogP contribution in [0.2, 0.25) is 0 Å². The van der Waals surface area contributed by atoms with Crippen molar-refractivity contribution in [2.75, 3.05) is 5.32 Å². The number of aromatic nitrogens is 1. The third-order valence-corrected chi connectivity index (χ3v) is 5.97. The molecule has 29 heavy (non-hydrogen) atoms. The van der Waals surface area contributed by atoms with E-state index in [0.717, 1.165) is 25.3 Å². The highest BCUT2D eigenvalue weighted by Crippen LogP contribution is 2.36. The summed E-state index contributed by atoms with van der Waals surface area (Å²) in [4.78, 5) is 28.0. The Balaban J connectivity index is 1.70. The molecule has 4 aromatic rings. The summed E-state index contributed by atoms with van der Waals surface area (Å²) in [7, 11) is 0. The van der Waals surface area contributed by atoms with Gasteiger partial charge in [-0.05, 0) is 49.4 Å². The van der Waals surface area contributed by atoms with Gasteiger partial charge in [0.05, 0.1) is 20.8 Å². The van der Waals surface area contributed by atoms with Gasteiger partial charge in [0.2, 0.25) is 0 Å². The van der Waals surface area contributed by atoms with Crippen molar-refractivity contribution < 1.29 is 9.72 Å². The predicted octanol–water partition coefficient (Wildman–Crippen LogP) is 6.19. The van der Waals surface area contributed by atoms with Crippen molar-refractivity contribution >= 4 is 54.8 Å². The van der Waals surface area contributed by atoms with Crippen LogP contribution in [-0.4, -0.2) is 15.8 Å². The molecule has 0 aliphatic heterocycles. The van der Waals surface area contributed by atoms with Gasteiger partial charge in [-0.2, -0.15) is 0 Å². The van der Waals surface area contributed by atoms with E-state index in [1.165, 1.54) is 18.2 Å². The van der Waals surface area contributed by atoms with E-state index in [1.54, 1.807) is 18.3 Å². The highest BCUT2D eigenvalue weighted by atomic mass is 79.9. The van der Waals surface area contributed by atoms with Gasteiger partial charge in [-0.15, -0.1) is 11.3 Å². The van der Waals surface area contributed by atoms with Crippen LogP contribution in [0, 0.1) is 17.0 Å². The first-order chi connectivity index (χ1) is 13.9. The molecule has 0 saturated heterocycles. The highest BCUT2D eigenvalue weighted by Gasteiger charge is 2.17. The molecular formula is C21H14BrN3O3S. The zero-order valence-corrected chi connectivity index (χ0v) is 17.6. The largest absolute Gasteiger partial charge is 0.321 e. The zero-order chi connectivity index (χ0) is 20.5. The number of aryl methyl sites for hydroxylation is 1. The topological polar surface area (TPSA) is 85.1 Å². The summed E-state index contributed by atoms with van der Waals surface area (Å²) in [6.07, 6.45) is 0. The number of nitro groups is 1. The average molecular weight is 468 g/mol. The number of nitro benzene ring substituents is 1. The maximum absolute atomic E-state index is 12.8. The number of fused-ring (bicyclic) bond motifs is 1. The van der Waals surface area contributed by atoms with Crippen LogP contribution in [0.5, 0.6) is 0 Å². The molecule has 0 fully saturated rings. The van der Waals surface area contributed by atoms with Gasteiger partial charge < -0.3 is 5.32 Å². The minimum Gasteiger partial charge on any atom is -0.321 e. The molecule has 1 heterocycles. The fraction of sp³-hybridized carbons (Fsp3) is 0.0476. The Bertz CT molecular complexity index is 1240. The van der Waals surface area contributed by atoms with Gasteiger partial charge in [0.15, 0.2) is 0 Å². The third-order valence-electron chi connectivity index (χ3n) is 4.41. The molecule has 0 saturated carbocycles. The van der Waals surface area contributed by atoms with Gasteiger partial charge in [-0.25, -0.2) is 4.98 Å². The number of hydrogen-bond donors (Lipinski definition) is 1. The molecule has 0 radical (unpaired) electrons. The minimum atomic E-state index is -0.461. The number of nitrogens with one attached hydrogen (secondary N) is 1. The van der Waals surface area contributed by atoms with Crippen LogP contribution >= 0.6 is 27.3 Å². The lowest BCUT2D eigenvalue weighted by Crippen LogP contribution is -2.13. The van der Waals surface area contributed by atoms with Crippen molar-refractivity contribution in [1.82, 2.24) is 4.98 Å². The van der Waals surface area contributed by atoms with Gasteiger partial charge in [-0.1, -0.05) is 28.1 Å². The van der Waals surface area contributed by atoms with E-state index in [4.69, 9.17) is 0 Å². The van der Waals surface area contributed by atoms with E-state index >= 15 is 0 Å². The Labute approximate surface area is 178 Å². The SMILES string of the molecule is Cc1cc(C(=O)Nc2ccc(Br)cc2-c2nc3ccccc3s2)ccc1[N+](=O)[O-]. The summed E-state index contributed by atoms with van der Waals surface area (Å²) in [6.45, 7) is 1.61. The number of carbonyl (C=O) groups is 1. The first kappa shape index (κ1) is 19.2. The molecule has 4 rings (SSSR count). The fourth-order valence-corrected chi connectivity index (χ4v) is 4.34. The van der Waals surface area contributed by atoms with E-state index in [1.807, 2.05) is 42.5 Å². The first-order valence-corrected chi connectivity index (χ1v) is 10.3. The number of carbonyl (C=O) groups excluding carboxylic acids is 1. The molecule has 144 valence electrons. The number of thiazole rings is 1. The summed E-state index contributed by atoms with van der Waals surface area (Å²) in [5.41, 5.74) is 3.09. The zero-order valence-electron chi connectivity index (χ0n) is 15.2. The van der Waals surface area contributed by atoms with Gasteiger partial charge in [0.25, 0.3) is 11.6 Å². The van der Waals surface area contributed by atoms with Crippen LogP contribution in [0.25, 0.3) is 20.8 Å². The highest BCUT2D eigenvalue weighted by molar-refractivity contribution is 9.10. The Kier molecular flexibility index (Phi) is 5.12. The molecule has 3 aromatic carbocycles. The number of para-hydroxylation sites is 1. The van der Waals surface area contributed by atoms with E-state index < -0.39 is 4.92 Å². The van der Waals surface area contributed by atoms with E-state index in [-0.39, 0.29) is 11.6 Å². The van der Waals surface area contributed by atoms with Crippen molar-refractivity contribution in [3.8, 4) is 10.6 Å². The molecule has 0 aliphatic rings. The number of anilines is 1. The predicted molar refractivity (Wildman–Crippen MR) is 119 cm³/mol. The van der Waals surface area contributed by atoms with Gasteiger partial charge in [0.1, 0.15) is 5.01 Å². The molecule has 6 nitrogen and oxygen atoms in total. The first-order valence-electron chi connectivity index (χ1n) is 8.64. The molecule has 0 aliphatic carbocycles. The summed E-state index contributed by atoms with van der Waals surface area (Å²) >= 11 is 5.03. The molecule has 8 heteroatoms. The number of halogens is 1. The van der Waals surface area contributed by atoms with Crippen molar-refractivity contribution in [3.63, 3.8) is 0 Å². The van der Waals surface area contributed by atoms with Crippen molar-refractivity contribution in [2.24, 2.45) is 0 Å². The normalized spacial score (nSPS) is 10.8. The second-order valence-corrected chi connectivity index (χ2v) is 8.34. The van der Waals surface area contributed by atoms with Gasteiger partial charge in [-0.3, -0.25) is 14.9 Å². The lowest BCUT2D eigenvalue weighted by atomic mass is 10.1. The molecule has 0 bridgehead atoms. The summed E-state index contributed by atoms with van der Waals surface area (Å²) in [6, 6.07) is 17.7. The van der Waals surface area contributed by atoms with Crippen molar-refractivity contribution in [2.45, 2.75) is 6.92 Å². The van der Waals surface area contributed by atoms with Crippen LogP contribution < -0.4 is 5.32 Å². The Morgan fingerprint density at radius 2 is 1.93 bits per heavy atom.